The summed E-state index contributed by atoms with van der Waals surface area (Å²) in [5.74, 6) is -0.415. The van der Waals surface area contributed by atoms with E-state index in [1.54, 1.807) is 6.08 Å². The van der Waals surface area contributed by atoms with Crippen molar-refractivity contribution in [2.75, 3.05) is 12.8 Å². The van der Waals surface area contributed by atoms with E-state index < -0.39 is 5.97 Å². The molecule has 0 heterocycles. The highest BCUT2D eigenvalue weighted by Crippen LogP contribution is 2.30. The van der Waals surface area contributed by atoms with Crippen LogP contribution >= 0.6 is 12.6 Å². The molecule has 20 heavy (non-hydrogen) atoms. The maximum absolute atomic E-state index is 11.2. The van der Waals surface area contributed by atoms with Crippen molar-refractivity contribution in [3.05, 3.63) is 54.1 Å². The number of nitrogen functional groups attached to an aromatic ring is 1. The number of benzene rings is 2. The lowest BCUT2D eigenvalue weighted by Crippen LogP contribution is -1.95. The third-order valence-corrected chi connectivity index (χ3v) is 3.39. The van der Waals surface area contributed by atoms with Crippen molar-refractivity contribution < 1.29 is 9.53 Å². The summed E-state index contributed by atoms with van der Waals surface area (Å²) in [6, 6.07) is 13.7. The van der Waals surface area contributed by atoms with Crippen LogP contribution in [0.4, 0.5) is 5.69 Å². The molecule has 0 atom stereocenters. The molecule has 2 N–H and O–H groups in total. The van der Waals surface area contributed by atoms with Crippen LogP contribution in [-0.4, -0.2) is 13.1 Å². The maximum atomic E-state index is 11.2. The summed E-state index contributed by atoms with van der Waals surface area (Å²) in [7, 11) is 1.34. The number of anilines is 1. The molecular formula is C16H15NO2S. The molecule has 4 heteroatoms. The number of methoxy groups -OCH3 is 1. The van der Waals surface area contributed by atoms with Crippen molar-refractivity contribution in [1.82, 2.24) is 0 Å². The summed E-state index contributed by atoms with van der Waals surface area (Å²) in [5, 5.41) is 0. The molecule has 0 bridgehead atoms. The van der Waals surface area contributed by atoms with E-state index in [9.17, 15) is 4.79 Å². The number of thiol groups is 1. The summed E-state index contributed by atoms with van der Waals surface area (Å²) in [6.45, 7) is 0. The summed E-state index contributed by atoms with van der Waals surface area (Å²) in [6.07, 6.45) is 3.00. The molecule has 2 aromatic carbocycles. The van der Waals surface area contributed by atoms with E-state index in [0.29, 0.717) is 10.6 Å². The van der Waals surface area contributed by atoms with Crippen LogP contribution in [0, 0.1) is 0 Å². The Morgan fingerprint density at radius 3 is 2.55 bits per heavy atom. The number of esters is 1. The second-order valence-corrected chi connectivity index (χ2v) is 4.67. The Morgan fingerprint density at radius 2 is 1.90 bits per heavy atom. The van der Waals surface area contributed by atoms with Crippen molar-refractivity contribution >= 4 is 30.4 Å². The number of hydrogen-bond donors (Lipinski definition) is 2. The summed E-state index contributed by atoms with van der Waals surface area (Å²) >= 11 is 4.37. The van der Waals surface area contributed by atoms with Crippen LogP contribution in [0.1, 0.15) is 5.56 Å². The minimum Gasteiger partial charge on any atom is -0.466 e. The Kier molecular flexibility index (Phi) is 4.48. The van der Waals surface area contributed by atoms with Crippen LogP contribution in [0.2, 0.25) is 0 Å². The molecule has 2 rings (SSSR count). The van der Waals surface area contributed by atoms with Gasteiger partial charge in [-0.3, -0.25) is 0 Å². The number of carbonyl (C=O) groups is 1. The van der Waals surface area contributed by atoms with Gasteiger partial charge in [-0.05, 0) is 34.9 Å². The number of ether oxygens (including phenoxy) is 1. The monoisotopic (exact) mass is 285 g/mol. The molecule has 0 fully saturated rings. The van der Waals surface area contributed by atoms with E-state index in [4.69, 9.17) is 5.73 Å². The smallest absolute Gasteiger partial charge is 0.330 e. The highest BCUT2D eigenvalue weighted by atomic mass is 32.1. The fraction of sp³-hybridized carbons (Fsp3) is 0.0625. The van der Waals surface area contributed by atoms with Crippen LogP contribution in [0.25, 0.3) is 17.2 Å². The first kappa shape index (κ1) is 14.2. The molecule has 0 amide bonds. The SMILES string of the molecule is COC(=O)C=Cc1cc(-c2ccccc2)cc(N)c1S. The van der Waals surface area contributed by atoms with E-state index in [1.807, 2.05) is 42.5 Å². The maximum Gasteiger partial charge on any atom is 0.330 e. The van der Waals surface area contributed by atoms with Gasteiger partial charge in [-0.1, -0.05) is 30.3 Å². The molecule has 0 radical (unpaired) electrons. The fourth-order valence-corrected chi connectivity index (χ4v) is 2.03. The van der Waals surface area contributed by atoms with E-state index >= 15 is 0 Å². The Labute approximate surface area is 123 Å². The number of nitrogens with two attached hydrogens (primary N) is 1. The quantitative estimate of drug-likeness (QED) is 0.393. The lowest BCUT2D eigenvalue weighted by atomic mass is 10.0. The predicted molar refractivity (Wildman–Crippen MR) is 84.6 cm³/mol. The van der Waals surface area contributed by atoms with Crippen LogP contribution in [-0.2, 0) is 9.53 Å². The largest absolute Gasteiger partial charge is 0.466 e. The van der Waals surface area contributed by atoms with Crippen LogP contribution in [0.5, 0.6) is 0 Å². The normalized spacial score (nSPS) is 10.7. The summed E-state index contributed by atoms with van der Waals surface area (Å²) in [4.78, 5) is 11.8. The van der Waals surface area contributed by atoms with E-state index in [0.717, 1.165) is 16.7 Å². The highest BCUT2D eigenvalue weighted by Gasteiger charge is 2.06. The van der Waals surface area contributed by atoms with E-state index in [1.165, 1.54) is 13.2 Å². The standard InChI is InChI=1S/C16H15NO2S/c1-19-15(18)8-7-12-9-13(10-14(17)16(12)20)11-5-3-2-4-6-11/h2-10,20H,17H2,1H3. The lowest BCUT2D eigenvalue weighted by molar-refractivity contribution is -0.134. The number of hydrogen-bond acceptors (Lipinski definition) is 4. The molecule has 2 aromatic rings. The predicted octanol–water partition coefficient (Wildman–Crippen LogP) is 3.41. The van der Waals surface area contributed by atoms with Gasteiger partial charge in [0.15, 0.2) is 0 Å². The van der Waals surface area contributed by atoms with Crippen molar-refractivity contribution in [2.24, 2.45) is 0 Å². The molecule has 3 nitrogen and oxygen atoms in total. The average molecular weight is 285 g/mol. The molecule has 0 aliphatic carbocycles. The Morgan fingerprint density at radius 1 is 1.20 bits per heavy atom. The minimum absolute atomic E-state index is 0.415. The Balaban J connectivity index is 2.45. The number of carbonyl (C=O) groups excluding carboxylic acids is 1. The van der Waals surface area contributed by atoms with Gasteiger partial charge in [-0.25, -0.2) is 4.79 Å². The van der Waals surface area contributed by atoms with Gasteiger partial charge >= 0.3 is 5.97 Å². The van der Waals surface area contributed by atoms with E-state index in [-0.39, 0.29) is 0 Å². The molecule has 0 saturated heterocycles. The van der Waals surface area contributed by atoms with Crippen LogP contribution in [0.15, 0.2) is 53.4 Å². The third kappa shape index (κ3) is 3.22. The minimum atomic E-state index is -0.415. The van der Waals surface area contributed by atoms with Gasteiger partial charge in [0, 0.05) is 16.7 Å². The van der Waals surface area contributed by atoms with Crippen LogP contribution in [0.3, 0.4) is 0 Å². The lowest BCUT2D eigenvalue weighted by Gasteiger charge is -2.09. The Hall–Kier alpha value is -2.20. The van der Waals surface area contributed by atoms with Gasteiger partial charge in [0.2, 0.25) is 0 Å². The third-order valence-electron chi connectivity index (χ3n) is 2.88. The highest BCUT2D eigenvalue weighted by molar-refractivity contribution is 7.80. The molecule has 0 unspecified atom stereocenters. The van der Waals surface area contributed by atoms with Gasteiger partial charge in [0.05, 0.1) is 7.11 Å². The average Bonchev–Trinajstić information content (AvgIpc) is 2.49. The van der Waals surface area contributed by atoms with E-state index in [2.05, 4.69) is 17.4 Å². The van der Waals surface area contributed by atoms with Gasteiger partial charge in [-0.2, -0.15) is 0 Å². The zero-order valence-corrected chi connectivity index (χ0v) is 11.9. The molecule has 0 aromatic heterocycles. The van der Waals surface area contributed by atoms with Crippen molar-refractivity contribution in [3.8, 4) is 11.1 Å². The van der Waals surface area contributed by atoms with Gasteiger partial charge in [-0.15, -0.1) is 12.6 Å². The van der Waals surface area contributed by atoms with Gasteiger partial charge in [0.1, 0.15) is 0 Å². The van der Waals surface area contributed by atoms with Gasteiger partial charge in [0.25, 0.3) is 0 Å². The van der Waals surface area contributed by atoms with Crippen molar-refractivity contribution in [3.63, 3.8) is 0 Å². The second-order valence-electron chi connectivity index (χ2n) is 4.23. The van der Waals surface area contributed by atoms with Crippen molar-refractivity contribution in [1.29, 1.82) is 0 Å². The summed E-state index contributed by atoms with van der Waals surface area (Å²) in [5.41, 5.74) is 9.35. The first-order valence-corrected chi connectivity index (χ1v) is 6.50. The first-order valence-electron chi connectivity index (χ1n) is 6.05. The molecule has 102 valence electrons. The van der Waals surface area contributed by atoms with Gasteiger partial charge < -0.3 is 10.5 Å². The molecule has 0 saturated carbocycles. The first-order chi connectivity index (χ1) is 9.61. The summed E-state index contributed by atoms with van der Waals surface area (Å²) < 4.78 is 4.57. The topological polar surface area (TPSA) is 52.3 Å². The zero-order valence-electron chi connectivity index (χ0n) is 11.0. The molecular weight excluding hydrogens is 270 g/mol. The molecule has 0 aliphatic heterocycles. The van der Waals surface area contributed by atoms with Crippen LogP contribution < -0.4 is 5.73 Å². The second kappa shape index (κ2) is 6.30. The zero-order chi connectivity index (χ0) is 14.5. The Bertz CT molecular complexity index is 651. The number of rotatable bonds is 3. The fourth-order valence-electron chi connectivity index (χ4n) is 1.83. The molecule has 0 aliphatic rings. The van der Waals surface area contributed by atoms with Crippen molar-refractivity contribution in [2.45, 2.75) is 4.90 Å². The molecule has 0 spiro atoms.